The maximum Gasteiger partial charge on any atom is 0.350 e. The van der Waals surface area contributed by atoms with Gasteiger partial charge in [0, 0.05) is 17.4 Å². The number of aromatic nitrogens is 2. The first-order chi connectivity index (χ1) is 8.04. The van der Waals surface area contributed by atoms with Crippen molar-refractivity contribution >= 4 is 17.6 Å². The van der Waals surface area contributed by atoms with Gasteiger partial charge in [-0.2, -0.15) is 4.98 Å². The molecular weight excluding hydrogens is 241 g/mol. The van der Waals surface area contributed by atoms with Crippen molar-refractivity contribution in [3.05, 3.63) is 22.7 Å². The van der Waals surface area contributed by atoms with Gasteiger partial charge in [0.1, 0.15) is 17.4 Å². The van der Waals surface area contributed by atoms with Crippen molar-refractivity contribution in [1.82, 2.24) is 9.55 Å². The summed E-state index contributed by atoms with van der Waals surface area (Å²) >= 11 is 1.51. The Morgan fingerprint density at radius 2 is 2.35 bits per heavy atom. The van der Waals surface area contributed by atoms with Crippen molar-refractivity contribution in [3.63, 3.8) is 0 Å². The molecule has 2 N–H and O–H groups in total. The highest BCUT2D eigenvalue weighted by Crippen LogP contribution is 2.47. The summed E-state index contributed by atoms with van der Waals surface area (Å²) in [6.07, 6.45) is 1.41. The number of nitrogen functional groups attached to an aromatic ring is 1. The van der Waals surface area contributed by atoms with Gasteiger partial charge in [0.2, 0.25) is 0 Å². The van der Waals surface area contributed by atoms with E-state index in [4.69, 9.17) is 5.73 Å². The molecule has 0 aromatic carbocycles. The summed E-state index contributed by atoms with van der Waals surface area (Å²) in [5, 5.41) is -0.227. The van der Waals surface area contributed by atoms with Crippen LogP contribution in [0.5, 0.6) is 0 Å². The Morgan fingerprint density at radius 3 is 2.88 bits per heavy atom. The van der Waals surface area contributed by atoms with Gasteiger partial charge in [-0.05, 0) is 12.5 Å². The molecule has 1 aliphatic rings. The Morgan fingerprint density at radius 1 is 1.65 bits per heavy atom. The number of rotatable bonds is 2. The number of hydrogen-bond acceptors (Lipinski definition) is 4. The Kier molecular flexibility index (Phi) is 3.42. The monoisotopic (exact) mass is 257 g/mol. The number of halogens is 1. The fourth-order valence-corrected chi connectivity index (χ4v) is 3.79. The van der Waals surface area contributed by atoms with Crippen LogP contribution in [0.3, 0.4) is 0 Å². The van der Waals surface area contributed by atoms with Crippen molar-refractivity contribution in [1.29, 1.82) is 0 Å². The van der Waals surface area contributed by atoms with Gasteiger partial charge in [-0.3, -0.25) is 4.57 Å². The molecule has 94 valence electrons. The Labute approximate surface area is 103 Å². The molecule has 2 heterocycles. The van der Waals surface area contributed by atoms with Gasteiger partial charge in [0.15, 0.2) is 0 Å². The highest BCUT2D eigenvalue weighted by Gasteiger charge is 2.42. The summed E-state index contributed by atoms with van der Waals surface area (Å²) in [6, 6.07) is 1.53. The summed E-state index contributed by atoms with van der Waals surface area (Å²) in [5.74, 6) is 0.129. The molecule has 1 unspecified atom stereocenters. The molecule has 0 aliphatic carbocycles. The Hall–Kier alpha value is -1.04. The van der Waals surface area contributed by atoms with E-state index in [1.807, 2.05) is 13.8 Å². The van der Waals surface area contributed by atoms with Crippen LogP contribution >= 0.6 is 11.8 Å². The molecule has 1 saturated heterocycles. The van der Waals surface area contributed by atoms with Crippen molar-refractivity contribution in [2.45, 2.75) is 37.1 Å². The van der Waals surface area contributed by atoms with Crippen molar-refractivity contribution in [2.75, 3.05) is 5.73 Å². The van der Waals surface area contributed by atoms with Crippen LogP contribution in [-0.2, 0) is 0 Å². The van der Waals surface area contributed by atoms with Gasteiger partial charge >= 0.3 is 5.69 Å². The minimum atomic E-state index is -1.02. The second-order valence-electron chi connectivity index (χ2n) is 4.32. The van der Waals surface area contributed by atoms with E-state index >= 15 is 0 Å². The fourth-order valence-electron chi connectivity index (χ4n) is 2.15. The molecule has 6 heteroatoms. The predicted octanol–water partition coefficient (Wildman–Crippen LogP) is 1.82. The lowest BCUT2D eigenvalue weighted by atomic mass is 10.0. The summed E-state index contributed by atoms with van der Waals surface area (Å²) in [5.41, 5.74) is 4.94. The smallest absolute Gasteiger partial charge is 0.350 e. The summed E-state index contributed by atoms with van der Waals surface area (Å²) in [7, 11) is 0. The van der Waals surface area contributed by atoms with Crippen LogP contribution in [0.25, 0.3) is 0 Å². The molecule has 1 aliphatic heterocycles. The SMILES string of the molecule is CC[C@H]1SC(n2ccc(N)nc2=O)[C@@H](F)[C@@H]1C. The lowest BCUT2D eigenvalue weighted by Crippen LogP contribution is -2.29. The maximum absolute atomic E-state index is 14.1. The molecule has 0 saturated carbocycles. The molecule has 0 spiro atoms. The Bertz CT molecular complexity index is 464. The van der Waals surface area contributed by atoms with E-state index in [1.54, 1.807) is 0 Å². The topological polar surface area (TPSA) is 60.9 Å². The van der Waals surface area contributed by atoms with Gasteiger partial charge < -0.3 is 5.73 Å². The first-order valence-electron chi connectivity index (χ1n) is 5.68. The fraction of sp³-hybridized carbons (Fsp3) is 0.636. The predicted molar refractivity (Wildman–Crippen MR) is 67.7 cm³/mol. The number of nitrogens with two attached hydrogens (primary N) is 1. The zero-order valence-electron chi connectivity index (χ0n) is 9.84. The van der Waals surface area contributed by atoms with Gasteiger partial charge in [-0.25, -0.2) is 9.18 Å². The number of alkyl halides is 1. The van der Waals surface area contributed by atoms with E-state index in [9.17, 15) is 9.18 Å². The van der Waals surface area contributed by atoms with Crippen LogP contribution in [0.1, 0.15) is 25.6 Å². The highest BCUT2D eigenvalue weighted by atomic mass is 32.2. The van der Waals surface area contributed by atoms with E-state index in [0.717, 1.165) is 6.42 Å². The van der Waals surface area contributed by atoms with Gasteiger partial charge in [0.25, 0.3) is 0 Å². The van der Waals surface area contributed by atoms with Crippen LogP contribution in [0.4, 0.5) is 10.2 Å². The molecule has 0 radical (unpaired) electrons. The number of hydrogen-bond donors (Lipinski definition) is 1. The lowest BCUT2D eigenvalue weighted by Gasteiger charge is -2.15. The second kappa shape index (κ2) is 4.68. The summed E-state index contributed by atoms with van der Waals surface area (Å²) in [4.78, 5) is 15.3. The molecule has 17 heavy (non-hydrogen) atoms. The molecule has 2 rings (SSSR count). The molecule has 1 fully saturated rings. The Balaban J connectivity index is 2.32. The summed E-state index contributed by atoms with van der Waals surface area (Å²) < 4.78 is 15.5. The van der Waals surface area contributed by atoms with Crippen LogP contribution in [-0.4, -0.2) is 21.0 Å². The zero-order valence-corrected chi connectivity index (χ0v) is 10.7. The molecular formula is C11H16FN3OS. The first-order valence-corrected chi connectivity index (χ1v) is 6.63. The van der Waals surface area contributed by atoms with E-state index < -0.39 is 17.2 Å². The third-order valence-corrected chi connectivity index (χ3v) is 5.08. The number of nitrogens with zero attached hydrogens (tertiary/aromatic N) is 2. The molecule has 4 nitrogen and oxygen atoms in total. The highest BCUT2D eigenvalue weighted by molar-refractivity contribution is 8.00. The van der Waals surface area contributed by atoms with E-state index in [0.29, 0.717) is 0 Å². The molecule has 0 amide bonds. The lowest BCUT2D eigenvalue weighted by molar-refractivity contribution is 0.219. The van der Waals surface area contributed by atoms with Gasteiger partial charge in [-0.1, -0.05) is 13.8 Å². The first kappa shape index (κ1) is 12.4. The third kappa shape index (κ3) is 2.18. The van der Waals surface area contributed by atoms with Gasteiger partial charge in [-0.15, -0.1) is 11.8 Å². The average molecular weight is 257 g/mol. The molecule has 4 atom stereocenters. The molecule has 0 bridgehead atoms. The normalized spacial score (nSPS) is 32.9. The van der Waals surface area contributed by atoms with Crippen LogP contribution < -0.4 is 11.4 Å². The second-order valence-corrected chi connectivity index (χ2v) is 5.68. The van der Waals surface area contributed by atoms with E-state index in [1.165, 1.54) is 28.6 Å². The van der Waals surface area contributed by atoms with Gasteiger partial charge in [0.05, 0.1) is 0 Å². The third-order valence-electron chi connectivity index (χ3n) is 3.20. The molecule has 1 aromatic heterocycles. The minimum Gasteiger partial charge on any atom is -0.383 e. The summed E-state index contributed by atoms with van der Waals surface area (Å²) in [6.45, 7) is 3.93. The zero-order chi connectivity index (χ0) is 12.6. The van der Waals surface area contributed by atoms with Crippen LogP contribution in [0.15, 0.2) is 17.1 Å². The van der Waals surface area contributed by atoms with Crippen molar-refractivity contribution in [2.24, 2.45) is 5.92 Å². The number of anilines is 1. The minimum absolute atomic E-state index is 0.0422. The van der Waals surface area contributed by atoms with Crippen LogP contribution in [0, 0.1) is 5.92 Å². The molecule has 1 aromatic rings. The van der Waals surface area contributed by atoms with Crippen LogP contribution in [0.2, 0.25) is 0 Å². The largest absolute Gasteiger partial charge is 0.383 e. The van der Waals surface area contributed by atoms with Crippen molar-refractivity contribution < 1.29 is 4.39 Å². The van der Waals surface area contributed by atoms with E-state index in [-0.39, 0.29) is 17.0 Å². The average Bonchev–Trinajstić information content (AvgIpc) is 2.57. The maximum atomic E-state index is 14.1. The van der Waals surface area contributed by atoms with E-state index in [2.05, 4.69) is 4.98 Å². The quantitative estimate of drug-likeness (QED) is 0.878. The standard InChI is InChI=1S/C11H16FN3OS/c1-3-7-6(2)9(12)10(17-7)15-5-4-8(13)14-11(15)16/h4-7,9-10H,3H2,1-2H3,(H2,13,14,16)/t6-,7-,9+,10?/m1/s1. The van der Waals surface area contributed by atoms with Crippen molar-refractivity contribution in [3.8, 4) is 0 Å². The number of thioether (sulfide) groups is 1.